The summed E-state index contributed by atoms with van der Waals surface area (Å²) in [5.41, 5.74) is 1.05. The predicted octanol–water partition coefficient (Wildman–Crippen LogP) is 2.60. The fourth-order valence-corrected chi connectivity index (χ4v) is 2.67. The molecule has 0 atom stereocenters. The molecular formula is C14H26IN5. The molecule has 0 radical (unpaired) electrons. The quantitative estimate of drug-likeness (QED) is 0.452. The molecule has 1 aromatic heterocycles. The Morgan fingerprint density at radius 3 is 2.40 bits per heavy atom. The number of hydrogen-bond donors (Lipinski definition) is 0. The highest BCUT2D eigenvalue weighted by atomic mass is 127. The summed E-state index contributed by atoms with van der Waals surface area (Å²) in [7, 11) is 8.04. The Labute approximate surface area is 139 Å². The molecule has 0 aliphatic heterocycles. The molecule has 20 heavy (non-hydrogen) atoms. The fourth-order valence-electron chi connectivity index (χ4n) is 2.67. The number of aliphatic imine (C=N–C) groups is 1. The van der Waals surface area contributed by atoms with Gasteiger partial charge in [0.1, 0.15) is 0 Å². The first-order valence-electron chi connectivity index (χ1n) is 7.01. The van der Waals surface area contributed by atoms with Crippen molar-refractivity contribution in [3.63, 3.8) is 0 Å². The summed E-state index contributed by atoms with van der Waals surface area (Å²) in [6, 6.07) is 2.70. The van der Waals surface area contributed by atoms with Gasteiger partial charge in [-0.3, -0.25) is 4.68 Å². The molecule has 1 saturated carbocycles. The van der Waals surface area contributed by atoms with Crippen molar-refractivity contribution in [1.82, 2.24) is 19.6 Å². The van der Waals surface area contributed by atoms with Crippen molar-refractivity contribution in [1.29, 1.82) is 0 Å². The van der Waals surface area contributed by atoms with Gasteiger partial charge in [-0.1, -0.05) is 12.8 Å². The highest BCUT2D eigenvalue weighted by molar-refractivity contribution is 14.0. The molecule has 0 amide bonds. The molecule has 2 rings (SSSR count). The Morgan fingerprint density at radius 1 is 1.25 bits per heavy atom. The van der Waals surface area contributed by atoms with Gasteiger partial charge in [-0.05, 0) is 18.9 Å². The van der Waals surface area contributed by atoms with Gasteiger partial charge in [-0.15, -0.1) is 24.0 Å². The number of rotatable bonds is 3. The first-order valence-corrected chi connectivity index (χ1v) is 7.01. The van der Waals surface area contributed by atoms with E-state index < -0.39 is 0 Å². The van der Waals surface area contributed by atoms with Crippen LogP contribution in [-0.4, -0.2) is 53.7 Å². The van der Waals surface area contributed by atoms with E-state index in [4.69, 9.17) is 0 Å². The molecular weight excluding hydrogens is 365 g/mol. The zero-order valence-electron chi connectivity index (χ0n) is 12.9. The molecule has 1 aliphatic rings. The van der Waals surface area contributed by atoms with Crippen LogP contribution in [0, 0.1) is 0 Å². The van der Waals surface area contributed by atoms with Crippen LogP contribution in [0.1, 0.15) is 37.4 Å². The van der Waals surface area contributed by atoms with Crippen molar-refractivity contribution in [2.24, 2.45) is 4.99 Å². The lowest BCUT2D eigenvalue weighted by Gasteiger charge is -2.22. The van der Waals surface area contributed by atoms with Crippen LogP contribution in [0.15, 0.2) is 17.3 Å². The van der Waals surface area contributed by atoms with Gasteiger partial charge in [0.05, 0.1) is 18.3 Å². The fraction of sp³-hybridized carbons (Fsp3) is 0.714. The lowest BCUT2D eigenvalue weighted by atomic mass is 10.3. The maximum atomic E-state index is 4.66. The van der Waals surface area contributed by atoms with E-state index in [1.807, 2.05) is 38.0 Å². The Kier molecular flexibility index (Phi) is 6.78. The molecule has 0 N–H and O–H groups in total. The van der Waals surface area contributed by atoms with E-state index in [1.54, 1.807) is 0 Å². The Hall–Kier alpha value is -0.790. The van der Waals surface area contributed by atoms with E-state index in [2.05, 4.69) is 27.0 Å². The van der Waals surface area contributed by atoms with Gasteiger partial charge in [0, 0.05) is 34.4 Å². The molecule has 114 valence electrons. The summed E-state index contributed by atoms with van der Waals surface area (Å²) < 4.78 is 2.13. The van der Waals surface area contributed by atoms with Crippen molar-refractivity contribution in [2.75, 3.05) is 28.2 Å². The largest absolute Gasteiger partial charge is 0.349 e. The van der Waals surface area contributed by atoms with Crippen LogP contribution < -0.4 is 0 Å². The van der Waals surface area contributed by atoms with Crippen LogP contribution >= 0.6 is 24.0 Å². The number of guanidine groups is 1. The molecule has 0 unspecified atom stereocenters. The average Bonchev–Trinajstić information content (AvgIpc) is 2.98. The number of hydrogen-bond acceptors (Lipinski definition) is 2. The third-order valence-electron chi connectivity index (χ3n) is 3.54. The summed E-state index contributed by atoms with van der Waals surface area (Å²) in [5.74, 6) is 0.968. The zero-order chi connectivity index (χ0) is 13.8. The molecule has 1 aromatic rings. The van der Waals surface area contributed by atoms with E-state index in [1.165, 1.54) is 25.7 Å². The zero-order valence-corrected chi connectivity index (χ0v) is 15.2. The second-order valence-corrected chi connectivity index (χ2v) is 5.63. The van der Waals surface area contributed by atoms with E-state index in [-0.39, 0.29) is 24.0 Å². The smallest absolute Gasteiger partial charge is 0.195 e. The maximum absolute atomic E-state index is 4.66. The second kappa shape index (κ2) is 7.85. The number of nitrogens with zero attached hydrogens (tertiary/aromatic N) is 5. The molecule has 0 spiro atoms. The highest BCUT2D eigenvalue weighted by Crippen LogP contribution is 2.28. The van der Waals surface area contributed by atoms with Gasteiger partial charge in [0.25, 0.3) is 0 Å². The summed E-state index contributed by atoms with van der Waals surface area (Å²) in [6.45, 7) is 0.644. The van der Waals surface area contributed by atoms with Gasteiger partial charge in [-0.25, -0.2) is 4.99 Å². The van der Waals surface area contributed by atoms with Gasteiger partial charge in [-0.2, -0.15) is 5.10 Å². The molecule has 1 heterocycles. The van der Waals surface area contributed by atoms with Crippen LogP contribution in [0.3, 0.4) is 0 Å². The molecule has 0 aromatic carbocycles. The predicted molar refractivity (Wildman–Crippen MR) is 93.7 cm³/mol. The third-order valence-corrected chi connectivity index (χ3v) is 3.54. The van der Waals surface area contributed by atoms with Crippen molar-refractivity contribution >= 4 is 29.9 Å². The standard InChI is InChI=1S/C14H25N5.HI/c1-17(2)14(18(3)4)15-11-12-9-10-19(16-12)13-7-5-6-8-13;/h9-10,13H,5-8,11H2,1-4H3;1H. The van der Waals surface area contributed by atoms with Crippen molar-refractivity contribution < 1.29 is 0 Å². The van der Waals surface area contributed by atoms with Crippen LogP contribution in [-0.2, 0) is 6.54 Å². The highest BCUT2D eigenvalue weighted by Gasteiger charge is 2.17. The van der Waals surface area contributed by atoms with Crippen molar-refractivity contribution in [2.45, 2.75) is 38.3 Å². The van der Waals surface area contributed by atoms with Crippen LogP contribution in [0.5, 0.6) is 0 Å². The minimum Gasteiger partial charge on any atom is -0.349 e. The lowest BCUT2D eigenvalue weighted by molar-refractivity contribution is 0.461. The Morgan fingerprint density at radius 2 is 1.85 bits per heavy atom. The van der Waals surface area contributed by atoms with Crippen LogP contribution in [0.2, 0.25) is 0 Å². The van der Waals surface area contributed by atoms with Crippen LogP contribution in [0.25, 0.3) is 0 Å². The van der Waals surface area contributed by atoms with Gasteiger partial charge < -0.3 is 9.80 Å². The average molecular weight is 391 g/mol. The van der Waals surface area contributed by atoms with E-state index in [0.717, 1.165) is 11.7 Å². The lowest BCUT2D eigenvalue weighted by Crippen LogP contribution is -2.35. The molecule has 1 aliphatic carbocycles. The van der Waals surface area contributed by atoms with E-state index >= 15 is 0 Å². The monoisotopic (exact) mass is 391 g/mol. The van der Waals surface area contributed by atoms with Crippen molar-refractivity contribution in [3.8, 4) is 0 Å². The summed E-state index contributed by atoms with van der Waals surface area (Å²) in [5, 5.41) is 4.66. The molecule has 0 bridgehead atoms. The normalized spacial score (nSPS) is 14.8. The molecule has 5 nitrogen and oxygen atoms in total. The summed E-state index contributed by atoms with van der Waals surface area (Å²) in [6.07, 6.45) is 7.31. The number of aromatic nitrogens is 2. The molecule has 1 fully saturated rings. The van der Waals surface area contributed by atoms with Gasteiger partial charge in [0.15, 0.2) is 5.96 Å². The topological polar surface area (TPSA) is 36.7 Å². The second-order valence-electron chi connectivity index (χ2n) is 5.63. The minimum atomic E-state index is 0. The first kappa shape index (κ1) is 17.3. The Balaban J connectivity index is 0.00000200. The molecule has 0 saturated heterocycles. The van der Waals surface area contributed by atoms with E-state index in [0.29, 0.717) is 12.6 Å². The van der Waals surface area contributed by atoms with Crippen LogP contribution in [0.4, 0.5) is 0 Å². The number of halogens is 1. The Bertz CT molecular complexity index is 423. The van der Waals surface area contributed by atoms with Gasteiger partial charge in [0.2, 0.25) is 0 Å². The molecule has 6 heteroatoms. The summed E-state index contributed by atoms with van der Waals surface area (Å²) >= 11 is 0. The SMILES string of the molecule is CN(C)C(=NCc1ccn(C2CCCC2)n1)N(C)C.I. The first-order chi connectivity index (χ1) is 9.08. The minimum absolute atomic E-state index is 0. The maximum Gasteiger partial charge on any atom is 0.195 e. The third kappa shape index (κ3) is 4.36. The van der Waals surface area contributed by atoms with E-state index in [9.17, 15) is 0 Å². The summed E-state index contributed by atoms with van der Waals surface area (Å²) in [4.78, 5) is 8.67. The van der Waals surface area contributed by atoms with Gasteiger partial charge >= 0.3 is 0 Å². The van der Waals surface area contributed by atoms with Crippen molar-refractivity contribution in [3.05, 3.63) is 18.0 Å².